The summed E-state index contributed by atoms with van der Waals surface area (Å²) in [6, 6.07) is 21.2. The van der Waals surface area contributed by atoms with E-state index < -0.39 is 13.9 Å². The van der Waals surface area contributed by atoms with Crippen molar-refractivity contribution in [3.63, 3.8) is 0 Å². The third kappa shape index (κ3) is 7.09. The first-order valence-corrected chi connectivity index (χ1v) is 15.7. The van der Waals surface area contributed by atoms with Gasteiger partial charge >= 0.3 is 6.09 Å². The van der Waals surface area contributed by atoms with E-state index in [0.29, 0.717) is 6.61 Å². The molecule has 0 unspecified atom stereocenters. The molecule has 0 N–H and O–H groups in total. The summed E-state index contributed by atoms with van der Waals surface area (Å²) in [5, 5.41) is 5.31. The molecule has 0 aliphatic carbocycles. The average molecular weight is 539 g/mol. The van der Waals surface area contributed by atoms with E-state index in [2.05, 4.69) is 93.3 Å². The van der Waals surface area contributed by atoms with Crippen LogP contribution in [-0.4, -0.2) is 43.6 Å². The second kappa shape index (κ2) is 11.9. The van der Waals surface area contributed by atoms with Crippen LogP contribution in [-0.2, 0) is 9.16 Å². The fraction of sp³-hybridized carbons (Fsp3) is 0.467. The average Bonchev–Trinajstić information content (AvgIpc) is 3.36. The van der Waals surface area contributed by atoms with Crippen LogP contribution in [0.25, 0.3) is 0 Å². The zero-order chi connectivity index (χ0) is 27.3. The van der Waals surface area contributed by atoms with Gasteiger partial charge in [0.05, 0.1) is 6.04 Å². The number of ether oxygens (including phenoxy) is 1. The van der Waals surface area contributed by atoms with Gasteiger partial charge in [0.1, 0.15) is 10.6 Å². The molecule has 0 aliphatic rings. The molecule has 1 aromatic heterocycles. The first kappa shape index (κ1) is 29.1. The Balaban J connectivity index is 1.89. The van der Waals surface area contributed by atoms with Gasteiger partial charge in [-0.2, -0.15) is 0 Å². The lowest BCUT2D eigenvalue weighted by molar-refractivity contribution is 0.0191. The highest BCUT2D eigenvalue weighted by Crippen LogP contribution is 2.38. The highest BCUT2D eigenvalue weighted by atomic mass is 32.1. The molecule has 0 radical (unpaired) electrons. The molecule has 37 heavy (non-hydrogen) atoms. The summed E-state index contributed by atoms with van der Waals surface area (Å²) in [7, 11) is -0.827. The maximum absolute atomic E-state index is 13.0. The van der Waals surface area contributed by atoms with E-state index in [4.69, 9.17) is 9.16 Å². The Labute approximate surface area is 228 Å². The van der Waals surface area contributed by atoms with E-state index in [1.807, 2.05) is 26.2 Å². The Bertz CT molecular complexity index is 1070. The summed E-state index contributed by atoms with van der Waals surface area (Å²) in [6.45, 7) is 15.3. The minimum Gasteiger partial charge on any atom is -0.444 e. The zero-order valence-corrected chi connectivity index (χ0v) is 25.3. The molecule has 0 saturated heterocycles. The maximum Gasteiger partial charge on any atom is 0.410 e. The normalized spacial score (nSPS) is 14.2. The van der Waals surface area contributed by atoms with Crippen LogP contribution < -0.4 is 10.4 Å². The molecule has 200 valence electrons. The predicted octanol–water partition coefficient (Wildman–Crippen LogP) is 6.65. The predicted molar refractivity (Wildman–Crippen MR) is 156 cm³/mol. The Morgan fingerprint density at radius 3 is 1.95 bits per heavy atom. The van der Waals surface area contributed by atoms with Crippen molar-refractivity contribution >= 4 is 36.1 Å². The van der Waals surface area contributed by atoms with E-state index in [9.17, 15) is 4.79 Å². The lowest BCUT2D eigenvalue weighted by Gasteiger charge is -2.43. The fourth-order valence-corrected chi connectivity index (χ4v) is 10.2. The smallest absolute Gasteiger partial charge is 0.410 e. The van der Waals surface area contributed by atoms with Gasteiger partial charge in [-0.25, -0.2) is 9.78 Å². The molecule has 0 saturated carbocycles. The highest BCUT2D eigenvalue weighted by molar-refractivity contribution is 7.09. The molecule has 7 heteroatoms. The highest BCUT2D eigenvalue weighted by Gasteiger charge is 2.50. The SMILES string of the molecule is C[C@H](CO[Si](c1ccccc1)(c1ccccc1)C(C)(C)C)C[C@@H](c1nccs1)N(C)C(=O)OC(C)(C)C. The molecule has 5 nitrogen and oxygen atoms in total. The van der Waals surface area contributed by atoms with Crippen LogP contribution in [0.4, 0.5) is 4.79 Å². The van der Waals surface area contributed by atoms with E-state index in [1.165, 1.54) is 10.4 Å². The largest absolute Gasteiger partial charge is 0.444 e. The van der Waals surface area contributed by atoms with Crippen LogP contribution in [0.1, 0.15) is 65.9 Å². The number of aromatic nitrogens is 1. The van der Waals surface area contributed by atoms with Crippen molar-refractivity contribution in [1.29, 1.82) is 0 Å². The molecular formula is C30H42N2O3SSi. The molecule has 0 bridgehead atoms. The van der Waals surface area contributed by atoms with Crippen molar-refractivity contribution in [2.75, 3.05) is 13.7 Å². The van der Waals surface area contributed by atoms with E-state index in [0.717, 1.165) is 11.4 Å². The first-order chi connectivity index (χ1) is 17.3. The van der Waals surface area contributed by atoms with Gasteiger partial charge in [-0.3, -0.25) is 0 Å². The molecule has 0 aliphatic heterocycles. The van der Waals surface area contributed by atoms with Crippen LogP contribution in [0, 0.1) is 5.92 Å². The van der Waals surface area contributed by atoms with Gasteiger partial charge in [0, 0.05) is 25.2 Å². The van der Waals surface area contributed by atoms with Crippen LogP contribution in [0.3, 0.4) is 0 Å². The standard InChI is InChI=1S/C30H42N2O3SSi/c1-23(21-26(27-31-19-20-36-27)32(8)28(33)35-29(2,3)4)22-34-37(30(5,6)7,24-15-11-9-12-16-24)25-17-13-10-14-18-25/h9-20,23,26H,21-22H2,1-8H3/t23-,26-/m0/s1. The Morgan fingerprint density at radius 1 is 0.973 bits per heavy atom. The molecule has 2 aromatic carbocycles. The summed E-state index contributed by atoms with van der Waals surface area (Å²) in [6.07, 6.45) is 2.17. The quantitative estimate of drug-likeness (QED) is 0.286. The Hall–Kier alpha value is -2.48. The van der Waals surface area contributed by atoms with Crippen LogP contribution in [0.15, 0.2) is 72.2 Å². The van der Waals surface area contributed by atoms with Crippen LogP contribution in [0.2, 0.25) is 5.04 Å². The summed E-state index contributed by atoms with van der Waals surface area (Å²) in [4.78, 5) is 19.2. The van der Waals surface area contributed by atoms with E-state index >= 15 is 0 Å². The third-order valence-corrected chi connectivity index (χ3v) is 12.4. The molecule has 1 amide bonds. The number of carbonyl (C=O) groups is 1. The van der Waals surface area contributed by atoms with Crippen molar-refractivity contribution in [2.24, 2.45) is 5.92 Å². The van der Waals surface area contributed by atoms with E-state index in [-0.39, 0.29) is 23.1 Å². The molecule has 3 rings (SSSR count). The molecular weight excluding hydrogens is 496 g/mol. The third-order valence-electron chi connectivity index (χ3n) is 6.51. The number of nitrogens with zero attached hydrogens (tertiary/aromatic N) is 2. The van der Waals surface area contributed by atoms with Crippen molar-refractivity contribution in [1.82, 2.24) is 9.88 Å². The van der Waals surface area contributed by atoms with E-state index in [1.54, 1.807) is 29.5 Å². The number of rotatable bonds is 9. The van der Waals surface area contributed by atoms with Crippen LogP contribution >= 0.6 is 11.3 Å². The van der Waals surface area contributed by atoms with Crippen molar-refractivity contribution in [3.8, 4) is 0 Å². The second-order valence-electron chi connectivity index (χ2n) is 11.8. The first-order valence-electron chi connectivity index (χ1n) is 13.0. The van der Waals surface area contributed by atoms with Crippen molar-refractivity contribution in [2.45, 2.75) is 71.6 Å². The van der Waals surface area contributed by atoms with Gasteiger partial charge < -0.3 is 14.1 Å². The van der Waals surface area contributed by atoms with Gasteiger partial charge in [-0.05, 0) is 48.5 Å². The van der Waals surface area contributed by atoms with Gasteiger partial charge in [0.25, 0.3) is 8.32 Å². The molecule has 3 aromatic rings. The monoisotopic (exact) mass is 538 g/mol. The maximum atomic E-state index is 13.0. The topological polar surface area (TPSA) is 51.7 Å². The second-order valence-corrected chi connectivity index (χ2v) is 17.0. The molecule has 0 fully saturated rings. The summed E-state index contributed by atoms with van der Waals surface area (Å²) >= 11 is 1.57. The summed E-state index contributed by atoms with van der Waals surface area (Å²) in [5.41, 5.74) is -0.559. The number of thiazole rings is 1. The summed E-state index contributed by atoms with van der Waals surface area (Å²) in [5.74, 6) is 0.181. The summed E-state index contributed by atoms with van der Waals surface area (Å²) < 4.78 is 12.8. The van der Waals surface area contributed by atoms with Gasteiger partial charge in [0.15, 0.2) is 0 Å². The number of benzene rings is 2. The zero-order valence-electron chi connectivity index (χ0n) is 23.5. The lowest BCUT2D eigenvalue weighted by atomic mass is 10.0. The minimum absolute atomic E-state index is 0.0859. The van der Waals surface area contributed by atoms with Crippen molar-refractivity contribution in [3.05, 3.63) is 77.2 Å². The molecule has 2 atom stereocenters. The minimum atomic E-state index is -2.63. The molecule has 0 spiro atoms. The number of hydrogen-bond donors (Lipinski definition) is 0. The number of amides is 1. The van der Waals surface area contributed by atoms with Gasteiger partial charge in [-0.15, -0.1) is 11.3 Å². The molecule has 1 heterocycles. The number of hydrogen-bond acceptors (Lipinski definition) is 5. The Morgan fingerprint density at radius 2 is 1.51 bits per heavy atom. The van der Waals surface area contributed by atoms with Gasteiger partial charge in [0.2, 0.25) is 0 Å². The van der Waals surface area contributed by atoms with Gasteiger partial charge in [-0.1, -0.05) is 88.4 Å². The number of carbonyl (C=O) groups excluding carboxylic acids is 1. The fourth-order valence-electron chi connectivity index (χ4n) is 4.76. The van der Waals surface area contributed by atoms with Crippen LogP contribution in [0.5, 0.6) is 0 Å². The lowest BCUT2D eigenvalue weighted by Crippen LogP contribution is -2.66. The van der Waals surface area contributed by atoms with Crippen molar-refractivity contribution < 1.29 is 14.0 Å². The Kier molecular flexibility index (Phi) is 9.37.